The first-order chi connectivity index (χ1) is 12.4. The minimum atomic E-state index is -0.657. The summed E-state index contributed by atoms with van der Waals surface area (Å²) in [7, 11) is 0. The molecular formula is C16H9Cl2N5O2S. The number of benzene rings is 1. The van der Waals surface area contributed by atoms with E-state index in [2.05, 4.69) is 20.2 Å². The topological polar surface area (TPSA) is 115 Å². The summed E-state index contributed by atoms with van der Waals surface area (Å²) in [4.78, 5) is 18.0. The largest absolute Gasteiger partial charge is 0.494 e. The van der Waals surface area contributed by atoms with Gasteiger partial charge in [-0.1, -0.05) is 34.5 Å². The van der Waals surface area contributed by atoms with Crippen LogP contribution in [0.2, 0.25) is 10.0 Å². The summed E-state index contributed by atoms with van der Waals surface area (Å²) in [5.41, 5.74) is 0.473. The van der Waals surface area contributed by atoms with Crippen LogP contribution in [0.15, 0.2) is 28.0 Å². The number of aromatic amines is 1. The Hall–Kier alpha value is -2.73. The Morgan fingerprint density at radius 1 is 1.38 bits per heavy atom. The molecule has 0 bridgehead atoms. The summed E-state index contributed by atoms with van der Waals surface area (Å²) >= 11 is 13.2. The molecule has 1 aromatic carbocycles. The Balaban J connectivity index is 1.95. The molecule has 0 aliphatic rings. The van der Waals surface area contributed by atoms with Gasteiger partial charge in [0, 0.05) is 16.8 Å². The number of H-pyrrole nitrogens is 1. The summed E-state index contributed by atoms with van der Waals surface area (Å²) in [6, 6.07) is 6.83. The van der Waals surface area contributed by atoms with Crippen LogP contribution in [0, 0.1) is 18.3 Å². The van der Waals surface area contributed by atoms with Gasteiger partial charge in [-0.25, -0.2) is 4.99 Å². The Bertz CT molecular complexity index is 1130. The number of aromatic hydroxyl groups is 1. The number of aromatic nitrogens is 3. The van der Waals surface area contributed by atoms with Crippen LogP contribution in [0.25, 0.3) is 10.6 Å². The van der Waals surface area contributed by atoms with Crippen LogP contribution in [-0.4, -0.2) is 26.5 Å². The molecule has 0 radical (unpaired) electrons. The number of nitrogens with one attached hydrogen (secondary N) is 1. The number of aliphatic imine (C=N–C) groups is 1. The van der Waals surface area contributed by atoms with Crippen LogP contribution in [0.4, 0.5) is 5.13 Å². The number of nitriles is 1. The third kappa shape index (κ3) is 3.46. The van der Waals surface area contributed by atoms with E-state index in [1.165, 1.54) is 17.6 Å². The van der Waals surface area contributed by atoms with Gasteiger partial charge in [0.2, 0.25) is 11.0 Å². The highest BCUT2D eigenvalue weighted by molar-refractivity contribution is 7.18. The average Bonchev–Trinajstić information content (AvgIpc) is 3.03. The van der Waals surface area contributed by atoms with Crippen molar-refractivity contribution in [1.82, 2.24) is 15.2 Å². The fourth-order valence-corrected chi connectivity index (χ4v) is 3.46. The van der Waals surface area contributed by atoms with E-state index < -0.39 is 5.56 Å². The average molecular weight is 406 g/mol. The molecule has 0 spiro atoms. The summed E-state index contributed by atoms with van der Waals surface area (Å²) in [6.45, 7) is 1.55. The minimum Gasteiger partial charge on any atom is -0.494 e. The van der Waals surface area contributed by atoms with Gasteiger partial charge in [-0.05, 0) is 30.7 Å². The maximum absolute atomic E-state index is 11.6. The van der Waals surface area contributed by atoms with Crippen LogP contribution in [0.5, 0.6) is 5.88 Å². The molecule has 26 heavy (non-hydrogen) atoms. The lowest BCUT2D eigenvalue weighted by Gasteiger charge is -2.03. The molecule has 0 aliphatic heterocycles. The van der Waals surface area contributed by atoms with E-state index in [1.807, 2.05) is 0 Å². The normalized spacial score (nSPS) is 11.0. The molecule has 0 fully saturated rings. The van der Waals surface area contributed by atoms with Gasteiger partial charge in [0.15, 0.2) is 5.01 Å². The van der Waals surface area contributed by atoms with E-state index >= 15 is 0 Å². The molecule has 0 unspecified atom stereocenters. The van der Waals surface area contributed by atoms with Gasteiger partial charge < -0.3 is 5.11 Å². The van der Waals surface area contributed by atoms with Gasteiger partial charge >= 0.3 is 0 Å². The maximum Gasteiger partial charge on any atom is 0.268 e. The molecule has 3 rings (SSSR count). The summed E-state index contributed by atoms with van der Waals surface area (Å²) in [6.07, 6.45) is 1.31. The number of halogens is 2. The van der Waals surface area contributed by atoms with Crippen molar-refractivity contribution in [2.75, 3.05) is 0 Å². The van der Waals surface area contributed by atoms with Gasteiger partial charge in [0.25, 0.3) is 5.56 Å². The smallest absolute Gasteiger partial charge is 0.268 e. The van der Waals surface area contributed by atoms with Crippen LogP contribution in [0.3, 0.4) is 0 Å². The molecule has 2 aromatic heterocycles. The molecule has 0 saturated carbocycles. The van der Waals surface area contributed by atoms with Crippen molar-refractivity contribution < 1.29 is 5.11 Å². The molecule has 2 N–H and O–H groups in total. The SMILES string of the molecule is Cc1c(/C=N/c2nnc(-c3ccc(Cl)cc3Cl)s2)c(O)[nH]c(=O)c1C#N. The molecule has 0 aliphatic carbocycles. The maximum atomic E-state index is 11.6. The summed E-state index contributed by atoms with van der Waals surface area (Å²) < 4.78 is 0. The van der Waals surface area contributed by atoms with Crippen molar-refractivity contribution in [1.29, 1.82) is 5.26 Å². The number of pyridine rings is 1. The second kappa shape index (κ2) is 7.25. The highest BCUT2D eigenvalue weighted by Crippen LogP contribution is 2.34. The van der Waals surface area contributed by atoms with E-state index in [-0.39, 0.29) is 17.0 Å². The van der Waals surface area contributed by atoms with E-state index in [0.29, 0.717) is 31.3 Å². The summed E-state index contributed by atoms with van der Waals surface area (Å²) in [5.74, 6) is -0.374. The number of hydrogen-bond donors (Lipinski definition) is 2. The predicted molar refractivity (Wildman–Crippen MR) is 101 cm³/mol. The first kappa shape index (κ1) is 18.1. The molecule has 0 amide bonds. The third-order valence-corrected chi connectivity index (χ3v) is 4.90. The Morgan fingerprint density at radius 2 is 2.15 bits per heavy atom. The number of hydrogen-bond acceptors (Lipinski definition) is 7. The Kier molecular flexibility index (Phi) is 5.04. The van der Waals surface area contributed by atoms with Crippen molar-refractivity contribution in [3.63, 3.8) is 0 Å². The Labute approximate surface area is 161 Å². The zero-order valence-electron chi connectivity index (χ0n) is 13.1. The van der Waals surface area contributed by atoms with Crippen molar-refractivity contribution in [3.05, 3.63) is 55.3 Å². The first-order valence-electron chi connectivity index (χ1n) is 7.09. The van der Waals surface area contributed by atoms with Crippen molar-refractivity contribution in [2.24, 2.45) is 4.99 Å². The highest BCUT2D eigenvalue weighted by Gasteiger charge is 2.13. The van der Waals surface area contributed by atoms with E-state index in [1.54, 1.807) is 31.2 Å². The van der Waals surface area contributed by atoms with E-state index in [0.717, 1.165) is 0 Å². The lowest BCUT2D eigenvalue weighted by Crippen LogP contribution is -2.14. The van der Waals surface area contributed by atoms with Gasteiger partial charge in [0.1, 0.15) is 11.6 Å². The second-order valence-corrected chi connectivity index (χ2v) is 6.90. The molecule has 2 heterocycles. The number of rotatable bonds is 3. The van der Waals surface area contributed by atoms with Crippen molar-refractivity contribution in [2.45, 2.75) is 6.92 Å². The molecule has 7 nitrogen and oxygen atoms in total. The molecule has 3 aromatic rings. The van der Waals surface area contributed by atoms with Gasteiger partial charge in [0.05, 0.1) is 10.6 Å². The van der Waals surface area contributed by atoms with Crippen LogP contribution in [0.1, 0.15) is 16.7 Å². The first-order valence-corrected chi connectivity index (χ1v) is 8.67. The fraction of sp³-hybridized carbons (Fsp3) is 0.0625. The fourth-order valence-electron chi connectivity index (χ4n) is 2.17. The Morgan fingerprint density at radius 3 is 2.85 bits per heavy atom. The van der Waals surface area contributed by atoms with Gasteiger partial charge in [-0.15, -0.1) is 10.2 Å². The van der Waals surface area contributed by atoms with Crippen molar-refractivity contribution in [3.8, 4) is 22.5 Å². The molecule has 0 saturated heterocycles. The lowest BCUT2D eigenvalue weighted by atomic mass is 10.1. The minimum absolute atomic E-state index is 0.0878. The molecule has 130 valence electrons. The van der Waals surface area contributed by atoms with E-state index in [9.17, 15) is 9.90 Å². The van der Waals surface area contributed by atoms with Crippen LogP contribution < -0.4 is 5.56 Å². The quantitative estimate of drug-likeness (QED) is 0.642. The van der Waals surface area contributed by atoms with Gasteiger partial charge in [-0.2, -0.15) is 5.26 Å². The lowest BCUT2D eigenvalue weighted by molar-refractivity contribution is 0.450. The van der Waals surface area contributed by atoms with Crippen LogP contribution in [-0.2, 0) is 0 Å². The third-order valence-electron chi connectivity index (χ3n) is 3.48. The van der Waals surface area contributed by atoms with Crippen LogP contribution >= 0.6 is 34.5 Å². The van der Waals surface area contributed by atoms with E-state index in [4.69, 9.17) is 28.5 Å². The number of nitrogens with zero attached hydrogens (tertiary/aromatic N) is 4. The zero-order chi connectivity index (χ0) is 18.8. The predicted octanol–water partition coefficient (Wildman–Crippen LogP) is 3.84. The standard InChI is InChI=1S/C16H9Cl2N5O2S/c1-7-10(5-19)13(24)21-14(25)11(7)6-20-16-23-22-15(26-16)9-3-2-8(17)4-12(9)18/h2-4,6H,1H3,(H2,21,24,25)/b20-6+. The monoisotopic (exact) mass is 405 g/mol. The van der Waals surface area contributed by atoms with Crippen molar-refractivity contribution >= 4 is 45.9 Å². The molecular weight excluding hydrogens is 397 g/mol. The molecule has 0 atom stereocenters. The zero-order valence-corrected chi connectivity index (χ0v) is 15.4. The highest BCUT2D eigenvalue weighted by atomic mass is 35.5. The summed E-state index contributed by atoms with van der Waals surface area (Å²) in [5, 5.41) is 28.7. The van der Waals surface area contributed by atoms with Gasteiger partial charge in [-0.3, -0.25) is 9.78 Å². The second-order valence-electron chi connectivity index (χ2n) is 5.10. The molecule has 10 heteroatoms.